The summed E-state index contributed by atoms with van der Waals surface area (Å²) in [6, 6.07) is 11.9. The van der Waals surface area contributed by atoms with E-state index in [1.165, 1.54) is 11.1 Å². The van der Waals surface area contributed by atoms with Crippen molar-refractivity contribution in [1.29, 1.82) is 0 Å². The third-order valence-corrected chi connectivity index (χ3v) is 4.69. The van der Waals surface area contributed by atoms with Crippen LogP contribution in [0.2, 0.25) is 0 Å². The highest BCUT2D eigenvalue weighted by Crippen LogP contribution is 2.26. The fraction of sp³-hybridized carbons (Fsp3) is 0.381. The Bertz CT molecular complexity index is 886. The maximum atomic E-state index is 9.65. The number of benzene rings is 2. The van der Waals surface area contributed by atoms with Gasteiger partial charge in [-0.1, -0.05) is 12.1 Å². The molecule has 0 aliphatic heterocycles. The van der Waals surface area contributed by atoms with E-state index in [0.29, 0.717) is 6.61 Å². The zero-order valence-corrected chi connectivity index (χ0v) is 15.7. The average Bonchev–Trinajstić information content (AvgIpc) is 2.99. The molecule has 138 valence electrons. The summed E-state index contributed by atoms with van der Waals surface area (Å²) in [5, 5.41) is 9.65. The van der Waals surface area contributed by atoms with Crippen molar-refractivity contribution in [1.82, 2.24) is 9.55 Å². The Balaban J connectivity index is 1.62. The number of aryl methyl sites for hydroxylation is 3. The number of rotatable bonds is 8. The largest absolute Gasteiger partial charge is 0.493 e. The zero-order valence-electron chi connectivity index (χ0n) is 15.7. The van der Waals surface area contributed by atoms with E-state index in [1.54, 1.807) is 7.11 Å². The van der Waals surface area contributed by atoms with Gasteiger partial charge in [-0.2, -0.15) is 0 Å². The van der Waals surface area contributed by atoms with E-state index < -0.39 is 0 Å². The SMILES string of the molecule is COc1ccccc1OCCCCn1c(CO)nc2cc(C)c(C)cc21. The molecule has 5 nitrogen and oxygen atoms in total. The maximum absolute atomic E-state index is 9.65. The van der Waals surface area contributed by atoms with E-state index >= 15 is 0 Å². The molecule has 3 aromatic rings. The van der Waals surface area contributed by atoms with Crippen molar-refractivity contribution < 1.29 is 14.6 Å². The fourth-order valence-corrected chi connectivity index (χ4v) is 3.09. The standard InChI is InChI=1S/C21H26N2O3/c1-15-12-17-18(13-16(15)2)23(21(14-24)22-17)10-6-7-11-26-20-9-5-4-8-19(20)25-3/h4-5,8-9,12-13,24H,6-7,10-11,14H2,1-3H3. The summed E-state index contributed by atoms with van der Waals surface area (Å²) in [6.45, 7) is 5.57. The zero-order chi connectivity index (χ0) is 18.5. The Morgan fingerprint density at radius 2 is 1.77 bits per heavy atom. The van der Waals surface area contributed by atoms with Crippen LogP contribution in [0.5, 0.6) is 11.5 Å². The van der Waals surface area contributed by atoms with Crippen LogP contribution in [-0.2, 0) is 13.2 Å². The van der Waals surface area contributed by atoms with Gasteiger partial charge in [0, 0.05) is 6.54 Å². The molecule has 0 atom stereocenters. The summed E-state index contributed by atoms with van der Waals surface area (Å²) in [4.78, 5) is 4.57. The van der Waals surface area contributed by atoms with Crippen LogP contribution in [0, 0.1) is 13.8 Å². The predicted octanol–water partition coefficient (Wildman–Crippen LogP) is 4.01. The molecular weight excluding hydrogens is 328 g/mol. The Morgan fingerprint density at radius 3 is 2.50 bits per heavy atom. The normalized spacial score (nSPS) is 11.1. The minimum absolute atomic E-state index is 0.0511. The number of hydrogen-bond donors (Lipinski definition) is 1. The molecule has 0 radical (unpaired) electrons. The molecule has 1 heterocycles. The number of unbranched alkanes of at least 4 members (excludes halogenated alkanes) is 1. The van der Waals surface area contributed by atoms with Crippen LogP contribution in [0.25, 0.3) is 11.0 Å². The second-order valence-electron chi connectivity index (χ2n) is 6.47. The lowest BCUT2D eigenvalue weighted by atomic mass is 10.1. The van der Waals surface area contributed by atoms with Gasteiger partial charge >= 0.3 is 0 Å². The van der Waals surface area contributed by atoms with Crippen molar-refractivity contribution in [3.8, 4) is 11.5 Å². The Morgan fingerprint density at radius 1 is 1.04 bits per heavy atom. The van der Waals surface area contributed by atoms with Crippen molar-refractivity contribution >= 4 is 11.0 Å². The highest BCUT2D eigenvalue weighted by atomic mass is 16.5. The van der Waals surface area contributed by atoms with Gasteiger partial charge in [-0.05, 0) is 62.1 Å². The topological polar surface area (TPSA) is 56.5 Å². The average molecular weight is 354 g/mol. The molecule has 0 spiro atoms. The number of ether oxygens (including phenoxy) is 2. The predicted molar refractivity (Wildman–Crippen MR) is 103 cm³/mol. The molecule has 5 heteroatoms. The minimum Gasteiger partial charge on any atom is -0.493 e. The molecule has 26 heavy (non-hydrogen) atoms. The quantitative estimate of drug-likeness (QED) is 0.621. The first kappa shape index (κ1) is 18.3. The van der Waals surface area contributed by atoms with Crippen LogP contribution >= 0.6 is 0 Å². The number of hydrogen-bond acceptors (Lipinski definition) is 4. The summed E-state index contributed by atoms with van der Waals surface area (Å²) >= 11 is 0. The monoisotopic (exact) mass is 354 g/mol. The molecule has 0 aliphatic carbocycles. The number of aliphatic hydroxyl groups is 1. The van der Waals surface area contributed by atoms with Crippen LogP contribution in [0.1, 0.15) is 29.8 Å². The third-order valence-electron chi connectivity index (χ3n) is 4.69. The summed E-state index contributed by atoms with van der Waals surface area (Å²) < 4.78 is 13.2. The molecule has 0 amide bonds. The Kier molecular flexibility index (Phi) is 5.78. The van der Waals surface area contributed by atoms with Crippen molar-refractivity contribution in [3.63, 3.8) is 0 Å². The molecule has 0 fully saturated rings. The van der Waals surface area contributed by atoms with Gasteiger partial charge in [0.25, 0.3) is 0 Å². The van der Waals surface area contributed by atoms with Crippen LogP contribution in [0.15, 0.2) is 36.4 Å². The number of para-hydroxylation sites is 2. The number of aromatic nitrogens is 2. The summed E-state index contributed by atoms with van der Waals surface area (Å²) in [7, 11) is 1.65. The number of aliphatic hydroxyl groups excluding tert-OH is 1. The third kappa shape index (κ3) is 3.83. The lowest BCUT2D eigenvalue weighted by molar-refractivity contribution is 0.262. The van der Waals surface area contributed by atoms with E-state index in [2.05, 4.69) is 35.5 Å². The second kappa shape index (κ2) is 8.23. The molecule has 0 bridgehead atoms. The van der Waals surface area contributed by atoms with E-state index in [1.807, 2.05) is 24.3 Å². The van der Waals surface area contributed by atoms with Gasteiger partial charge in [0.1, 0.15) is 12.4 Å². The van der Waals surface area contributed by atoms with Gasteiger partial charge < -0.3 is 19.1 Å². The van der Waals surface area contributed by atoms with E-state index in [-0.39, 0.29) is 6.61 Å². The van der Waals surface area contributed by atoms with Crippen molar-refractivity contribution in [2.24, 2.45) is 0 Å². The van der Waals surface area contributed by atoms with Gasteiger partial charge in [-0.25, -0.2) is 4.98 Å². The van der Waals surface area contributed by atoms with Crippen molar-refractivity contribution in [2.75, 3.05) is 13.7 Å². The molecule has 0 aliphatic rings. The molecule has 0 unspecified atom stereocenters. The Labute approximate surface area is 154 Å². The molecule has 1 aromatic heterocycles. The van der Waals surface area contributed by atoms with E-state index in [4.69, 9.17) is 9.47 Å². The lowest BCUT2D eigenvalue weighted by Gasteiger charge is -2.11. The van der Waals surface area contributed by atoms with E-state index in [0.717, 1.165) is 47.7 Å². The van der Waals surface area contributed by atoms with E-state index in [9.17, 15) is 5.11 Å². The van der Waals surface area contributed by atoms with Crippen LogP contribution in [0.4, 0.5) is 0 Å². The fourth-order valence-electron chi connectivity index (χ4n) is 3.09. The number of methoxy groups -OCH3 is 1. The summed E-state index contributed by atoms with van der Waals surface area (Å²) in [6.07, 6.45) is 1.86. The first-order chi connectivity index (χ1) is 12.6. The van der Waals surface area contributed by atoms with Gasteiger partial charge in [0.05, 0.1) is 24.8 Å². The van der Waals surface area contributed by atoms with Gasteiger partial charge in [0.2, 0.25) is 0 Å². The van der Waals surface area contributed by atoms with Gasteiger partial charge in [-0.3, -0.25) is 0 Å². The second-order valence-corrected chi connectivity index (χ2v) is 6.47. The summed E-state index contributed by atoms with van der Waals surface area (Å²) in [5.74, 6) is 2.24. The number of nitrogens with zero attached hydrogens (tertiary/aromatic N) is 2. The molecule has 0 saturated heterocycles. The Hall–Kier alpha value is -2.53. The van der Waals surface area contributed by atoms with Gasteiger partial charge in [-0.15, -0.1) is 0 Å². The highest BCUT2D eigenvalue weighted by molar-refractivity contribution is 5.78. The van der Waals surface area contributed by atoms with Crippen molar-refractivity contribution in [3.05, 3.63) is 53.3 Å². The summed E-state index contributed by atoms with van der Waals surface area (Å²) in [5.41, 5.74) is 4.49. The molecular formula is C21H26N2O3. The molecule has 0 saturated carbocycles. The lowest BCUT2D eigenvalue weighted by Crippen LogP contribution is -2.06. The van der Waals surface area contributed by atoms with Crippen LogP contribution < -0.4 is 9.47 Å². The van der Waals surface area contributed by atoms with Crippen molar-refractivity contribution in [2.45, 2.75) is 39.8 Å². The van der Waals surface area contributed by atoms with Crippen LogP contribution in [-0.4, -0.2) is 28.4 Å². The minimum atomic E-state index is -0.0511. The highest BCUT2D eigenvalue weighted by Gasteiger charge is 2.11. The van der Waals surface area contributed by atoms with Crippen LogP contribution in [0.3, 0.4) is 0 Å². The first-order valence-electron chi connectivity index (χ1n) is 8.97. The maximum Gasteiger partial charge on any atom is 0.161 e. The smallest absolute Gasteiger partial charge is 0.161 e. The first-order valence-corrected chi connectivity index (χ1v) is 8.97. The van der Waals surface area contributed by atoms with Gasteiger partial charge in [0.15, 0.2) is 11.5 Å². The number of fused-ring (bicyclic) bond motifs is 1. The molecule has 2 aromatic carbocycles. The molecule has 1 N–H and O–H groups in total. The molecule has 3 rings (SSSR count). The number of imidazole rings is 1.